The zero-order chi connectivity index (χ0) is 23.3. The minimum Gasteiger partial charge on any atom is -0.426 e. The maximum Gasteiger partial charge on any atom is 0.475 e. The molecule has 3 rings (SSSR count). The summed E-state index contributed by atoms with van der Waals surface area (Å²) in [6, 6.07) is 14.9. The Balaban J connectivity index is 1.85. The van der Waals surface area contributed by atoms with E-state index < -0.39 is 25.0 Å². The molecule has 2 atom stereocenters. The molecule has 1 amide bonds. The van der Waals surface area contributed by atoms with E-state index in [4.69, 9.17) is 0 Å². The number of carbonyl (C=O) groups excluding carboxylic acids is 3. The van der Waals surface area contributed by atoms with Gasteiger partial charge in [0, 0.05) is 23.6 Å². The number of nitrogens with one attached hydrogen (secondary N) is 2. The fourth-order valence-corrected chi connectivity index (χ4v) is 3.72. The minimum absolute atomic E-state index is 0.0368. The number of fused-ring (bicyclic) bond motifs is 1. The van der Waals surface area contributed by atoms with E-state index in [0.29, 0.717) is 12.0 Å². The molecular formula is C24H27BN2O5. The van der Waals surface area contributed by atoms with E-state index in [2.05, 4.69) is 10.6 Å². The average molecular weight is 434 g/mol. The number of hydrogen-bond donors (Lipinski definition) is 4. The summed E-state index contributed by atoms with van der Waals surface area (Å²) < 4.78 is 0. The highest BCUT2D eigenvalue weighted by Gasteiger charge is 2.32. The Morgan fingerprint density at radius 3 is 2.22 bits per heavy atom. The quantitative estimate of drug-likeness (QED) is 0.447. The number of amides is 1. The van der Waals surface area contributed by atoms with Crippen molar-refractivity contribution in [3.05, 3.63) is 83.1 Å². The molecule has 0 unspecified atom stereocenters. The summed E-state index contributed by atoms with van der Waals surface area (Å²) in [5.74, 6) is -1.91. The number of hydrogen-bond acceptors (Lipinski definition) is 6. The van der Waals surface area contributed by atoms with Crippen molar-refractivity contribution in [1.82, 2.24) is 10.6 Å². The Morgan fingerprint density at radius 1 is 0.969 bits per heavy atom. The Labute approximate surface area is 187 Å². The van der Waals surface area contributed by atoms with Crippen LogP contribution in [0.3, 0.4) is 0 Å². The fraction of sp³-hybridized carbons (Fsp3) is 0.292. The van der Waals surface area contributed by atoms with Crippen LogP contribution in [0.25, 0.3) is 0 Å². The molecular weight excluding hydrogens is 407 g/mol. The second kappa shape index (κ2) is 10.4. The topological polar surface area (TPSA) is 116 Å². The van der Waals surface area contributed by atoms with E-state index in [-0.39, 0.29) is 35.2 Å². The molecule has 0 saturated heterocycles. The normalized spacial score (nSPS) is 15.0. The van der Waals surface area contributed by atoms with Gasteiger partial charge in [-0.1, -0.05) is 68.4 Å². The van der Waals surface area contributed by atoms with Gasteiger partial charge in [0.15, 0.2) is 5.78 Å². The SMILES string of the molecule is CC(C)C[C@H](NC(=O)[C@H](Cc1ccccc1)NC1=CC(=O)c2ccccc2C1=O)B(O)O. The smallest absolute Gasteiger partial charge is 0.426 e. The van der Waals surface area contributed by atoms with E-state index >= 15 is 0 Å². The van der Waals surface area contributed by atoms with Crippen molar-refractivity contribution in [3.63, 3.8) is 0 Å². The zero-order valence-corrected chi connectivity index (χ0v) is 18.1. The number of ketones is 2. The van der Waals surface area contributed by atoms with Crippen LogP contribution in [0.4, 0.5) is 0 Å². The van der Waals surface area contributed by atoms with Crippen LogP contribution in [-0.4, -0.2) is 46.6 Å². The monoisotopic (exact) mass is 434 g/mol. The number of rotatable bonds is 9. The first kappa shape index (κ1) is 23.4. The molecule has 32 heavy (non-hydrogen) atoms. The Morgan fingerprint density at radius 2 is 1.59 bits per heavy atom. The van der Waals surface area contributed by atoms with Crippen molar-refractivity contribution >= 4 is 24.6 Å². The molecule has 7 nitrogen and oxygen atoms in total. The Hall–Kier alpha value is -3.23. The van der Waals surface area contributed by atoms with Crippen LogP contribution in [0.1, 0.15) is 46.5 Å². The summed E-state index contributed by atoms with van der Waals surface area (Å²) in [7, 11) is -1.72. The third-order valence-electron chi connectivity index (χ3n) is 5.30. The molecule has 2 aromatic rings. The number of carbonyl (C=O) groups is 3. The highest BCUT2D eigenvalue weighted by atomic mass is 16.4. The van der Waals surface area contributed by atoms with Crippen LogP contribution >= 0.6 is 0 Å². The molecule has 2 aromatic carbocycles. The van der Waals surface area contributed by atoms with E-state index in [9.17, 15) is 24.4 Å². The molecule has 0 spiro atoms. The van der Waals surface area contributed by atoms with Crippen molar-refractivity contribution in [3.8, 4) is 0 Å². The van der Waals surface area contributed by atoms with Gasteiger partial charge in [-0.25, -0.2) is 0 Å². The molecule has 0 fully saturated rings. The number of allylic oxidation sites excluding steroid dienone is 2. The predicted molar refractivity (Wildman–Crippen MR) is 122 cm³/mol. The standard InChI is InChI=1S/C24H27BN2O5/c1-15(2)12-22(25(31)32)27-24(30)20(13-16-8-4-3-5-9-16)26-19-14-21(28)17-10-6-7-11-18(17)23(19)29/h3-11,14-15,20,22,26,31-32H,12-13H2,1-2H3,(H,27,30)/t20-,22-/m0/s1. The first-order valence-corrected chi connectivity index (χ1v) is 10.6. The molecule has 166 valence electrons. The van der Waals surface area contributed by atoms with E-state index in [1.54, 1.807) is 24.3 Å². The summed E-state index contributed by atoms with van der Waals surface area (Å²) in [4.78, 5) is 38.6. The third-order valence-corrected chi connectivity index (χ3v) is 5.30. The zero-order valence-electron chi connectivity index (χ0n) is 18.1. The van der Waals surface area contributed by atoms with Gasteiger partial charge in [-0.2, -0.15) is 0 Å². The molecule has 0 heterocycles. The predicted octanol–water partition coefficient (Wildman–Crippen LogP) is 1.69. The summed E-state index contributed by atoms with van der Waals surface area (Å²) >= 11 is 0. The van der Waals surface area contributed by atoms with Crippen molar-refractivity contribution in [2.24, 2.45) is 5.92 Å². The molecule has 1 aliphatic rings. The Kier molecular flexibility index (Phi) is 7.61. The van der Waals surface area contributed by atoms with Crippen LogP contribution in [-0.2, 0) is 11.2 Å². The van der Waals surface area contributed by atoms with Gasteiger partial charge >= 0.3 is 7.12 Å². The molecule has 1 aliphatic carbocycles. The molecule has 4 N–H and O–H groups in total. The fourth-order valence-electron chi connectivity index (χ4n) is 3.72. The van der Waals surface area contributed by atoms with E-state index in [0.717, 1.165) is 5.56 Å². The first-order chi connectivity index (χ1) is 15.3. The largest absolute Gasteiger partial charge is 0.475 e. The van der Waals surface area contributed by atoms with Gasteiger partial charge in [-0.15, -0.1) is 0 Å². The summed E-state index contributed by atoms with van der Waals surface area (Å²) in [6.45, 7) is 3.83. The van der Waals surface area contributed by atoms with Gasteiger partial charge in [-0.3, -0.25) is 14.4 Å². The molecule has 0 aliphatic heterocycles. The molecule has 0 bridgehead atoms. The second-order valence-electron chi connectivity index (χ2n) is 8.34. The maximum atomic E-state index is 13.1. The summed E-state index contributed by atoms with van der Waals surface area (Å²) in [5, 5.41) is 25.0. The third kappa shape index (κ3) is 5.72. The minimum atomic E-state index is -1.72. The van der Waals surface area contributed by atoms with Gasteiger partial charge in [0.1, 0.15) is 6.04 Å². The van der Waals surface area contributed by atoms with Crippen molar-refractivity contribution in [2.75, 3.05) is 0 Å². The van der Waals surface area contributed by atoms with Crippen LogP contribution in [0.5, 0.6) is 0 Å². The van der Waals surface area contributed by atoms with Crippen molar-refractivity contribution < 1.29 is 24.4 Å². The van der Waals surface area contributed by atoms with Gasteiger partial charge < -0.3 is 20.7 Å². The number of Topliss-reactive ketones (excluding diaryl/α,β-unsaturated/α-hetero) is 1. The van der Waals surface area contributed by atoms with Crippen LogP contribution in [0, 0.1) is 5.92 Å². The lowest BCUT2D eigenvalue weighted by Gasteiger charge is -2.26. The van der Waals surface area contributed by atoms with Gasteiger partial charge in [0.2, 0.25) is 11.7 Å². The average Bonchev–Trinajstić information content (AvgIpc) is 2.76. The molecule has 0 saturated carbocycles. The summed E-state index contributed by atoms with van der Waals surface area (Å²) in [5.41, 5.74) is 1.49. The Bertz CT molecular complexity index is 1020. The lowest BCUT2D eigenvalue weighted by atomic mass is 9.75. The lowest BCUT2D eigenvalue weighted by Crippen LogP contribution is -2.54. The van der Waals surface area contributed by atoms with Crippen LogP contribution in [0.15, 0.2) is 66.4 Å². The second-order valence-corrected chi connectivity index (χ2v) is 8.34. The van der Waals surface area contributed by atoms with Crippen LogP contribution < -0.4 is 10.6 Å². The summed E-state index contributed by atoms with van der Waals surface area (Å²) in [6.07, 6.45) is 1.82. The maximum absolute atomic E-state index is 13.1. The highest BCUT2D eigenvalue weighted by molar-refractivity contribution is 6.43. The molecule has 0 radical (unpaired) electrons. The van der Waals surface area contributed by atoms with E-state index in [1.165, 1.54) is 6.08 Å². The first-order valence-electron chi connectivity index (χ1n) is 10.6. The van der Waals surface area contributed by atoms with Gasteiger partial charge in [-0.05, 0) is 17.9 Å². The van der Waals surface area contributed by atoms with Gasteiger partial charge in [0.05, 0.1) is 11.6 Å². The van der Waals surface area contributed by atoms with Crippen molar-refractivity contribution in [2.45, 2.75) is 38.7 Å². The number of benzene rings is 2. The van der Waals surface area contributed by atoms with E-state index in [1.807, 2.05) is 44.2 Å². The lowest BCUT2D eigenvalue weighted by molar-refractivity contribution is -0.123. The highest BCUT2D eigenvalue weighted by Crippen LogP contribution is 2.20. The van der Waals surface area contributed by atoms with Gasteiger partial charge in [0.25, 0.3) is 0 Å². The van der Waals surface area contributed by atoms with Crippen molar-refractivity contribution in [1.29, 1.82) is 0 Å². The molecule has 8 heteroatoms. The van der Waals surface area contributed by atoms with Crippen LogP contribution in [0.2, 0.25) is 0 Å². The molecule has 0 aromatic heterocycles.